The molecule has 0 aliphatic heterocycles. The maximum absolute atomic E-state index is 12.8. The van der Waals surface area contributed by atoms with Crippen molar-refractivity contribution in [2.75, 3.05) is 13.7 Å². The number of nitrogens with one attached hydrogen (secondary N) is 1. The molecular formula is C18H29N2O7P. The van der Waals surface area contributed by atoms with E-state index in [-0.39, 0.29) is 12.0 Å². The third-order valence-corrected chi connectivity index (χ3v) is 6.07. The molecule has 1 rings (SSSR count). The Morgan fingerprint density at radius 3 is 2.29 bits per heavy atom. The number of ether oxygens (including phenoxy) is 1. The second-order valence-electron chi connectivity index (χ2n) is 6.67. The number of amides is 1. The van der Waals surface area contributed by atoms with Crippen molar-refractivity contribution in [1.82, 2.24) is 5.32 Å². The number of hydrogen-bond donors (Lipinski definition) is 4. The molecule has 10 heteroatoms. The first-order valence-corrected chi connectivity index (χ1v) is 10.7. The van der Waals surface area contributed by atoms with Crippen LogP contribution in [0.3, 0.4) is 0 Å². The lowest BCUT2D eigenvalue weighted by Crippen LogP contribution is -2.40. The molecule has 9 nitrogen and oxygen atoms in total. The molecule has 0 aliphatic rings. The summed E-state index contributed by atoms with van der Waals surface area (Å²) in [5.74, 6) is -3.09. The lowest BCUT2D eigenvalue weighted by atomic mass is 10.1. The van der Waals surface area contributed by atoms with Gasteiger partial charge < -0.3 is 25.8 Å². The molecule has 0 saturated carbocycles. The number of carbonyl (C=O) groups excluding carboxylic acids is 1. The Bertz CT molecular complexity index is 694. The number of rotatable bonds is 12. The van der Waals surface area contributed by atoms with E-state index < -0.39 is 37.3 Å². The minimum absolute atomic E-state index is 0.0499. The van der Waals surface area contributed by atoms with Gasteiger partial charge in [0.1, 0.15) is 11.5 Å². The fourth-order valence-corrected chi connectivity index (χ4v) is 4.25. The van der Waals surface area contributed by atoms with E-state index in [0.717, 1.165) is 0 Å². The molecule has 5 N–H and O–H groups in total. The third kappa shape index (κ3) is 7.24. The number of carboxylic acid groups (broad SMARTS) is 1. The predicted octanol–water partition coefficient (Wildman–Crippen LogP) is 2.19. The summed E-state index contributed by atoms with van der Waals surface area (Å²) in [6.45, 7) is 3.65. The summed E-state index contributed by atoms with van der Waals surface area (Å²) >= 11 is 0. The normalized spacial score (nSPS) is 15.5. The molecule has 3 atom stereocenters. The zero-order valence-corrected chi connectivity index (χ0v) is 17.2. The summed E-state index contributed by atoms with van der Waals surface area (Å²) in [4.78, 5) is 34.3. The number of nitrogens with two attached hydrogens (primary N) is 1. The molecule has 0 spiro atoms. The maximum atomic E-state index is 12.8. The van der Waals surface area contributed by atoms with Crippen LogP contribution in [0.15, 0.2) is 24.3 Å². The number of benzene rings is 1. The van der Waals surface area contributed by atoms with Gasteiger partial charge in [0, 0.05) is 5.56 Å². The van der Waals surface area contributed by atoms with Gasteiger partial charge in [0.15, 0.2) is 6.10 Å². The number of carboxylic acids is 1. The average molecular weight is 416 g/mol. The minimum atomic E-state index is -4.48. The first-order valence-electron chi connectivity index (χ1n) is 9.01. The second kappa shape index (κ2) is 11.2. The van der Waals surface area contributed by atoms with Gasteiger partial charge in [-0.2, -0.15) is 0 Å². The van der Waals surface area contributed by atoms with E-state index in [1.165, 1.54) is 19.2 Å². The van der Waals surface area contributed by atoms with Gasteiger partial charge in [0.25, 0.3) is 5.91 Å². The van der Waals surface area contributed by atoms with E-state index in [4.69, 9.17) is 15.0 Å². The fraction of sp³-hybridized carbons (Fsp3) is 0.556. The first kappa shape index (κ1) is 24.1. The monoisotopic (exact) mass is 416 g/mol. The van der Waals surface area contributed by atoms with Crippen molar-refractivity contribution in [3.8, 4) is 5.75 Å². The SMILES string of the molecule is COc1ccc(C(=O)N[C@H](C(C)C)P(=O)(O)OC(CCCCN)C(=O)O)cc1. The molecule has 1 aromatic rings. The standard InChI is InChI=1S/C18H29N2O7P/c1-12(2)17(20-16(21)13-7-9-14(26-3)10-8-13)28(24,25)27-15(18(22)23)6-4-5-11-19/h7-10,12,15,17H,4-6,11,19H2,1-3H3,(H,20,21)(H,22,23)(H,24,25)/t15?,17-/m0/s1. The molecule has 0 fully saturated rings. The van der Waals surface area contributed by atoms with E-state index in [1.54, 1.807) is 26.0 Å². The first-order chi connectivity index (χ1) is 13.1. The maximum Gasteiger partial charge on any atom is 0.351 e. The highest BCUT2D eigenvalue weighted by molar-refractivity contribution is 7.53. The van der Waals surface area contributed by atoms with Crippen molar-refractivity contribution in [3.63, 3.8) is 0 Å². The highest BCUT2D eigenvalue weighted by Gasteiger charge is 2.40. The fourth-order valence-electron chi connectivity index (χ4n) is 2.53. The van der Waals surface area contributed by atoms with Gasteiger partial charge in [0.2, 0.25) is 0 Å². The van der Waals surface area contributed by atoms with Crippen LogP contribution in [-0.4, -0.2) is 47.4 Å². The number of methoxy groups -OCH3 is 1. The van der Waals surface area contributed by atoms with Gasteiger partial charge in [-0.15, -0.1) is 0 Å². The summed E-state index contributed by atoms with van der Waals surface area (Å²) in [5.41, 5.74) is 5.65. The third-order valence-electron chi connectivity index (χ3n) is 4.09. The van der Waals surface area contributed by atoms with Gasteiger partial charge in [-0.05, 0) is 56.0 Å². The van der Waals surface area contributed by atoms with Crippen molar-refractivity contribution in [2.24, 2.45) is 11.7 Å². The zero-order valence-electron chi connectivity index (χ0n) is 16.3. The Hall–Kier alpha value is -1.93. The van der Waals surface area contributed by atoms with Crippen LogP contribution in [0.2, 0.25) is 0 Å². The molecule has 0 radical (unpaired) electrons. The molecule has 1 amide bonds. The molecule has 158 valence electrons. The smallest absolute Gasteiger partial charge is 0.351 e. The van der Waals surface area contributed by atoms with Gasteiger partial charge in [0.05, 0.1) is 7.11 Å². The van der Waals surface area contributed by atoms with Crippen LogP contribution in [0.5, 0.6) is 5.75 Å². The number of unbranched alkanes of at least 4 members (excludes halogenated alkanes) is 1. The second-order valence-corrected chi connectivity index (χ2v) is 8.57. The Morgan fingerprint density at radius 1 is 1.21 bits per heavy atom. The van der Waals surface area contributed by atoms with Crippen molar-refractivity contribution >= 4 is 19.5 Å². The Labute approximate surface area is 164 Å². The van der Waals surface area contributed by atoms with Gasteiger partial charge in [-0.3, -0.25) is 13.9 Å². The highest BCUT2D eigenvalue weighted by atomic mass is 31.2. The lowest BCUT2D eigenvalue weighted by molar-refractivity contribution is -0.145. The quantitative estimate of drug-likeness (QED) is 0.299. The van der Waals surface area contributed by atoms with Crippen LogP contribution in [-0.2, 0) is 13.9 Å². The van der Waals surface area contributed by atoms with Crippen LogP contribution in [0, 0.1) is 5.92 Å². The van der Waals surface area contributed by atoms with Crippen molar-refractivity contribution in [2.45, 2.75) is 45.0 Å². The molecule has 1 aromatic carbocycles. The number of hydrogen-bond acceptors (Lipinski definition) is 6. The number of aliphatic carboxylic acids is 1. The summed E-state index contributed by atoms with van der Waals surface area (Å²) in [7, 11) is -2.98. The van der Waals surface area contributed by atoms with Crippen molar-refractivity contribution in [3.05, 3.63) is 29.8 Å². The van der Waals surface area contributed by atoms with Crippen LogP contribution < -0.4 is 15.8 Å². The zero-order chi connectivity index (χ0) is 21.3. The van der Waals surface area contributed by atoms with Gasteiger partial charge >= 0.3 is 13.6 Å². The molecule has 2 unspecified atom stereocenters. The molecule has 0 aromatic heterocycles. The Kier molecular flexibility index (Phi) is 9.61. The van der Waals surface area contributed by atoms with E-state index >= 15 is 0 Å². The summed E-state index contributed by atoms with van der Waals surface area (Å²) in [5, 5.41) is 11.8. The predicted molar refractivity (Wildman–Crippen MR) is 104 cm³/mol. The Balaban J connectivity index is 2.92. The van der Waals surface area contributed by atoms with E-state index in [1.807, 2.05) is 0 Å². The summed E-state index contributed by atoms with van der Waals surface area (Å²) in [6.07, 6.45) is -0.390. The molecule has 0 heterocycles. The Morgan fingerprint density at radius 2 is 1.82 bits per heavy atom. The summed E-state index contributed by atoms with van der Waals surface area (Å²) < 4.78 is 22.9. The van der Waals surface area contributed by atoms with Crippen molar-refractivity contribution < 1.29 is 33.4 Å². The highest BCUT2D eigenvalue weighted by Crippen LogP contribution is 2.50. The van der Waals surface area contributed by atoms with Crippen LogP contribution in [0.25, 0.3) is 0 Å². The number of carbonyl (C=O) groups is 2. The topological polar surface area (TPSA) is 148 Å². The molecule has 0 aliphatic carbocycles. The van der Waals surface area contributed by atoms with E-state index in [2.05, 4.69) is 5.32 Å². The van der Waals surface area contributed by atoms with Crippen LogP contribution in [0.4, 0.5) is 0 Å². The van der Waals surface area contributed by atoms with Crippen LogP contribution in [0.1, 0.15) is 43.5 Å². The molecular weight excluding hydrogens is 387 g/mol. The van der Waals surface area contributed by atoms with Gasteiger partial charge in [-0.25, -0.2) is 4.79 Å². The summed E-state index contributed by atoms with van der Waals surface area (Å²) in [6, 6.07) is 6.21. The minimum Gasteiger partial charge on any atom is -0.497 e. The average Bonchev–Trinajstić information content (AvgIpc) is 2.64. The van der Waals surface area contributed by atoms with Crippen LogP contribution >= 0.6 is 7.60 Å². The molecule has 0 saturated heterocycles. The largest absolute Gasteiger partial charge is 0.497 e. The lowest BCUT2D eigenvalue weighted by Gasteiger charge is -2.28. The molecule has 0 bridgehead atoms. The van der Waals surface area contributed by atoms with Crippen molar-refractivity contribution in [1.29, 1.82) is 0 Å². The van der Waals surface area contributed by atoms with E-state index in [9.17, 15) is 24.2 Å². The van der Waals surface area contributed by atoms with E-state index in [0.29, 0.717) is 25.1 Å². The van der Waals surface area contributed by atoms with Gasteiger partial charge in [-0.1, -0.05) is 13.8 Å². The molecule has 28 heavy (non-hydrogen) atoms.